The van der Waals surface area contributed by atoms with Crippen molar-refractivity contribution in [2.45, 2.75) is 46.1 Å². The molecule has 0 saturated carbocycles. The lowest BCUT2D eigenvalue weighted by atomic mass is 10.0. The molecule has 1 aromatic carbocycles. The van der Waals surface area contributed by atoms with Crippen LogP contribution in [-0.4, -0.2) is 11.9 Å². The number of rotatable bonds is 7. The number of nitrogens with one attached hydrogen (secondary N) is 1. The summed E-state index contributed by atoms with van der Waals surface area (Å²) in [5.41, 5.74) is 1.05. The van der Waals surface area contributed by atoms with Crippen molar-refractivity contribution in [1.29, 1.82) is 0 Å². The summed E-state index contributed by atoms with van der Waals surface area (Å²) in [5, 5.41) is 3.80. The molecule has 0 aliphatic rings. The maximum absolute atomic E-state index is 12.3. The van der Waals surface area contributed by atoms with E-state index in [1.165, 1.54) is 17.8 Å². The van der Waals surface area contributed by atoms with Crippen molar-refractivity contribution in [2.24, 2.45) is 5.92 Å². The Balaban J connectivity index is 1.93. The van der Waals surface area contributed by atoms with Crippen LogP contribution in [0.4, 0.5) is 0 Å². The highest BCUT2D eigenvalue weighted by molar-refractivity contribution is 7.17. The molecular weight excluding hydrogens is 326 g/mol. The van der Waals surface area contributed by atoms with Gasteiger partial charge in [0, 0.05) is 15.9 Å². The van der Waals surface area contributed by atoms with Gasteiger partial charge in [-0.3, -0.25) is 4.79 Å². The summed E-state index contributed by atoms with van der Waals surface area (Å²) in [6.07, 6.45) is 3.38. The van der Waals surface area contributed by atoms with E-state index < -0.39 is 0 Å². The first-order valence-corrected chi connectivity index (χ1v) is 9.32. The molecule has 0 saturated heterocycles. The Morgan fingerprint density at radius 1 is 1.17 bits per heavy atom. The van der Waals surface area contributed by atoms with Gasteiger partial charge in [0.15, 0.2) is 0 Å². The number of thiophene rings is 1. The standard InChI is InChI=1S/C19H24ClNOS/c1-13(2)6-4-7-14(3)21-19(22)18-11-10-17(23-18)15-8-5-9-16(20)12-15/h5,8-14H,4,6-7H2,1-3H3,(H,21,22). The summed E-state index contributed by atoms with van der Waals surface area (Å²) in [7, 11) is 0. The molecule has 1 atom stereocenters. The van der Waals surface area contributed by atoms with E-state index in [1.54, 1.807) is 0 Å². The van der Waals surface area contributed by atoms with Gasteiger partial charge in [-0.2, -0.15) is 0 Å². The van der Waals surface area contributed by atoms with Crippen LogP contribution >= 0.6 is 22.9 Å². The van der Waals surface area contributed by atoms with Crippen LogP contribution in [0.5, 0.6) is 0 Å². The minimum atomic E-state index is 0.0142. The Morgan fingerprint density at radius 2 is 1.96 bits per heavy atom. The fourth-order valence-corrected chi connectivity index (χ4v) is 3.55. The number of hydrogen-bond acceptors (Lipinski definition) is 2. The van der Waals surface area contributed by atoms with Crippen molar-refractivity contribution in [2.75, 3.05) is 0 Å². The fraction of sp³-hybridized carbons (Fsp3) is 0.421. The van der Waals surface area contributed by atoms with E-state index in [0.29, 0.717) is 5.02 Å². The third-order valence-electron chi connectivity index (χ3n) is 3.74. The molecule has 1 amide bonds. The average molecular weight is 350 g/mol. The fourth-order valence-electron chi connectivity index (χ4n) is 2.46. The van der Waals surface area contributed by atoms with Crippen LogP contribution in [0.1, 0.15) is 49.7 Å². The van der Waals surface area contributed by atoms with Crippen LogP contribution in [0.25, 0.3) is 10.4 Å². The van der Waals surface area contributed by atoms with E-state index in [0.717, 1.165) is 34.1 Å². The van der Waals surface area contributed by atoms with E-state index in [-0.39, 0.29) is 11.9 Å². The number of carbonyl (C=O) groups is 1. The third kappa shape index (κ3) is 5.67. The number of hydrogen-bond donors (Lipinski definition) is 1. The number of carbonyl (C=O) groups excluding carboxylic acids is 1. The second-order valence-corrected chi connectivity index (χ2v) is 7.89. The van der Waals surface area contributed by atoms with Crippen LogP contribution in [-0.2, 0) is 0 Å². The quantitative estimate of drug-likeness (QED) is 0.651. The van der Waals surface area contributed by atoms with Gasteiger partial charge in [0.1, 0.15) is 0 Å². The molecule has 2 aromatic rings. The molecular formula is C19H24ClNOS. The zero-order chi connectivity index (χ0) is 16.8. The maximum Gasteiger partial charge on any atom is 0.261 e. The molecule has 0 radical (unpaired) electrons. The SMILES string of the molecule is CC(C)CCCC(C)NC(=O)c1ccc(-c2cccc(Cl)c2)s1. The van der Waals surface area contributed by atoms with E-state index in [9.17, 15) is 4.79 Å². The molecule has 1 heterocycles. The number of benzene rings is 1. The highest BCUT2D eigenvalue weighted by atomic mass is 35.5. The molecule has 1 unspecified atom stereocenters. The van der Waals surface area contributed by atoms with Gasteiger partial charge >= 0.3 is 0 Å². The molecule has 2 nitrogen and oxygen atoms in total. The molecule has 1 aromatic heterocycles. The smallest absolute Gasteiger partial charge is 0.261 e. The molecule has 2 rings (SSSR count). The highest BCUT2D eigenvalue weighted by Gasteiger charge is 2.13. The molecule has 1 N–H and O–H groups in total. The van der Waals surface area contributed by atoms with Crippen LogP contribution in [0, 0.1) is 5.92 Å². The van der Waals surface area contributed by atoms with Crippen molar-refractivity contribution >= 4 is 28.8 Å². The van der Waals surface area contributed by atoms with Crippen molar-refractivity contribution in [3.63, 3.8) is 0 Å². The Kier molecular flexibility index (Phi) is 6.67. The van der Waals surface area contributed by atoms with Gasteiger partial charge < -0.3 is 5.32 Å². The molecule has 124 valence electrons. The van der Waals surface area contributed by atoms with Gasteiger partial charge in [0.25, 0.3) is 5.91 Å². The normalized spacial score (nSPS) is 12.4. The highest BCUT2D eigenvalue weighted by Crippen LogP contribution is 2.29. The number of amides is 1. The van der Waals surface area contributed by atoms with Crippen LogP contribution < -0.4 is 5.32 Å². The summed E-state index contributed by atoms with van der Waals surface area (Å²) in [6, 6.07) is 11.8. The van der Waals surface area contributed by atoms with Crippen LogP contribution in [0.2, 0.25) is 5.02 Å². The molecule has 0 aliphatic carbocycles. The predicted molar refractivity (Wildman–Crippen MR) is 100 cm³/mol. The summed E-state index contributed by atoms with van der Waals surface area (Å²) < 4.78 is 0. The zero-order valence-corrected chi connectivity index (χ0v) is 15.5. The monoisotopic (exact) mass is 349 g/mol. The van der Waals surface area contributed by atoms with Crippen molar-refractivity contribution in [3.8, 4) is 10.4 Å². The first-order valence-electron chi connectivity index (χ1n) is 8.12. The second kappa shape index (κ2) is 8.51. The van der Waals surface area contributed by atoms with Crippen molar-refractivity contribution < 1.29 is 4.79 Å². The third-order valence-corrected chi connectivity index (χ3v) is 5.10. The Labute approximate surface area is 147 Å². The van der Waals surface area contributed by atoms with Crippen LogP contribution in [0.3, 0.4) is 0 Å². The average Bonchev–Trinajstić information content (AvgIpc) is 2.96. The molecule has 0 bridgehead atoms. The van der Waals surface area contributed by atoms with Gasteiger partial charge in [0.05, 0.1) is 4.88 Å². The molecule has 0 aliphatic heterocycles. The lowest BCUT2D eigenvalue weighted by Crippen LogP contribution is -2.31. The topological polar surface area (TPSA) is 29.1 Å². The molecule has 0 spiro atoms. The molecule has 23 heavy (non-hydrogen) atoms. The Bertz CT molecular complexity index is 650. The molecule has 0 fully saturated rings. The minimum Gasteiger partial charge on any atom is -0.349 e. The molecule has 4 heteroatoms. The largest absolute Gasteiger partial charge is 0.349 e. The van der Waals surface area contributed by atoms with Gasteiger partial charge in [-0.15, -0.1) is 11.3 Å². The van der Waals surface area contributed by atoms with E-state index in [2.05, 4.69) is 26.1 Å². The zero-order valence-electron chi connectivity index (χ0n) is 13.9. The Hall–Kier alpha value is -1.32. The predicted octanol–water partition coefficient (Wildman–Crippen LogP) is 6.01. The van der Waals surface area contributed by atoms with Gasteiger partial charge in [-0.05, 0) is 49.1 Å². The first kappa shape index (κ1) is 18.0. The van der Waals surface area contributed by atoms with E-state index >= 15 is 0 Å². The maximum atomic E-state index is 12.3. The lowest BCUT2D eigenvalue weighted by molar-refractivity contribution is 0.0942. The van der Waals surface area contributed by atoms with Gasteiger partial charge in [-0.1, -0.05) is 50.4 Å². The van der Waals surface area contributed by atoms with Gasteiger partial charge in [0.2, 0.25) is 0 Å². The lowest BCUT2D eigenvalue weighted by Gasteiger charge is -2.13. The van der Waals surface area contributed by atoms with E-state index in [4.69, 9.17) is 11.6 Å². The summed E-state index contributed by atoms with van der Waals surface area (Å²) >= 11 is 7.53. The first-order chi connectivity index (χ1) is 11.0. The van der Waals surface area contributed by atoms with Crippen LogP contribution in [0.15, 0.2) is 36.4 Å². The van der Waals surface area contributed by atoms with Crippen molar-refractivity contribution in [3.05, 3.63) is 46.3 Å². The summed E-state index contributed by atoms with van der Waals surface area (Å²) in [4.78, 5) is 14.1. The van der Waals surface area contributed by atoms with Gasteiger partial charge in [-0.25, -0.2) is 0 Å². The number of halogens is 1. The summed E-state index contributed by atoms with van der Waals surface area (Å²) in [5.74, 6) is 0.732. The summed E-state index contributed by atoms with van der Waals surface area (Å²) in [6.45, 7) is 6.53. The second-order valence-electron chi connectivity index (χ2n) is 6.37. The Morgan fingerprint density at radius 3 is 2.65 bits per heavy atom. The van der Waals surface area contributed by atoms with Crippen molar-refractivity contribution in [1.82, 2.24) is 5.32 Å². The van der Waals surface area contributed by atoms with E-state index in [1.807, 2.05) is 36.4 Å². The minimum absolute atomic E-state index is 0.0142.